The largest absolute Gasteiger partial charge is 0.467 e. The van der Waals surface area contributed by atoms with E-state index < -0.39 is 0 Å². The number of carbonyl (C=O) groups is 1. The quantitative estimate of drug-likeness (QED) is 0.542. The van der Waals surface area contributed by atoms with Crippen molar-refractivity contribution in [2.75, 3.05) is 11.6 Å². The number of nitrogens with zero attached hydrogens (tertiary/aromatic N) is 3. The van der Waals surface area contributed by atoms with Crippen LogP contribution in [0.5, 0.6) is 0 Å². The van der Waals surface area contributed by atoms with E-state index >= 15 is 0 Å². The van der Waals surface area contributed by atoms with Crippen LogP contribution in [0.4, 0.5) is 0 Å². The fraction of sp³-hybridized carbons (Fsp3) is 0.611. The fourth-order valence-electron chi connectivity index (χ4n) is 3.41. The van der Waals surface area contributed by atoms with Crippen molar-refractivity contribution in [2.24, 2.45) is 5.92 Å². The van der Waals surface area contributed by atoms with Crippen LogP contribution >= 0.6 is 11.8 Å². The summed E-state index contributed by atoms with van der Waals surface area (Å²) in [6.07, 6.45) is 10.2. The van der Waals surface area contributed by atoms with Crippen molar-refractivity contribution in [2.45, 2.75) is 63.1 Å². The molecule has 1 aliphatic rings. The van der Waals surface area contributed by atoms with Gasteiger partial charge in [0.2, 0.25) is 11.1 Å². The number of nitrogen functional groups attached to an aromatic ring is 1. The average Bonchev–Trinajstić information content (AvgIpc) is 3.30. The Bertz CT molecular complexity index is 695. The molecule has 2 aromatic heterocycles. The van der Waals surface area contributed by atoms with Crippen LogP contribution in [0.15, 0.2) is 28.0 Å². The number of hydrogen-bond acceptors (Lipinski definition) is 6. The van der Waals surface area contributed by atoms with Gasteiger partial charge < -0.3 is 15.6 Å². The molecule has 0 aliphatic heterocycles. The van der Waals surface area contributed by atoms with Crippen molar-refractivity contribution in [1.29, 1.82) is 0 Å². The van der Waals surface area contributed by atoms with Crippen LogP contribution in [-0.4, -0.2) is 26.5 Å². The van der Waals surface area contributed by atoms with E-state index in [0.29, 0.717) is 5.16 Å². The number of carbonyl (C=O) groups excluding carboxylic acids is 1. The summed E-state index contributed by atoms with van der Waals surface area (Å²) in [7, 11) is 0. The first-order valence-electron chi connectivity index (χ1n) is 9.28. The maximum Gasteiger partial charge on any atom is 0.231 e. The molecule has 0 aromatic carbocycles. The Balaban J connectivity index is 1.44. The van der Waals surface area contributed by atoms with Crippen LogP contribution in [0, 0.1) is 5.92 Å². The molecule has 0 unspecified atom stereocenters. The number of nitrogens with two attached hydrogens (primary N) is 1. The Morgan fingerprint density at radius 2 is 2.23 bits per heavy atom. The Morgan fingerprint density at radius 3 is 2.96 bits per heavy atom. The third-order valence-electron chi connectivity index (χ3n) is 4.92. The average molecular weight is 378 g/mol. The van der Waals surface area contributed by atoms with Crippen LogP contribution in [0.1, 0.15) is 63.1 Å². The third kappa shape index (κ3) is 5.03. The molecular formula is C18H27N5O2S. The third-order valence-corrected chi connectivity index (χ3v) is 5.86. The van der Waals surface area contributed by atoms with Crippen LogP contribution < -0.4 is 11.2 Å². The molecular weight excluding hydrogens is 350 g/mol. The Morgan fingerprint density at radius 1 is 1.42 bits per heavy atom. The Labute approximate surface area is 158 Å². The molecule has 0 radical (unpaired) electrons. The summed E-state index contributed by atoms with van der Waals surface area (Å²) >= 11 is 1.30. The van der Waals surface area contributed by atoms with E-state index in [1.807, 2.05) is 13.0 Å². The molecule has 142 valence electrons. The smallest absolute Gasteiger partial charge is 0.231 e. The van der Waals surface area contributed by atoms with Gasteiger partial charge in [0.25, 0.3) is 0 Å². The van der Waals surface area contributed by atoms with E-state index in [1.54, 1.807) is 12.3 Å². The van der Waals surface area contributed by atoms with Gasteiger partial charge in [0.15, 0.2) is 5.82 Å². The normalized spacial score (nSPS) is 16.5. The summed E-state index contributed by atoms with van der Waals surface area (Å²) in [6, 6.07) is 3.48. The molecule has 1 aliphatic carbocycles. The summed E-state index contributed by atoms with van der Waals surface area (Å²) in [4.78, 5) is 12.1. The first-order chi connectivity index (χ1) is 12.6. The molecule has 1 fully saturated rings. The zero-order valence-corrected chi connectivity index (χ0v) is 16.0. The van der Waals surface area contributed by atoms with Crippen LogP contribution in [0.2, 0.25) is 0 Å². The highest BCUT2D eigenvalue weighted by Gasteiger charge is 2.17. The van der Waals surface area contributed by atoms with Gasteiger partial charge in [-0.15, -0.1) is 10.2 Å². The molecule has 2 aromatic rings. The molecule has 0 saturated heterocycles. The predicted octanol–water partition coefficient (Wildman–Crippen LogP) is 3.07. The van der Waals surface area contributed by atoms with E-state index in [0.717, 1.165) is 30.3 Å². The Hall–Kier alpha value is -1.96. The molecule has 1 saturated carbocycles. The number of furan rings is 1. The maximum atomic E-state index is 12.1. The number of thioether (sulfide) groups is 1. The van der Waals surface area contributed by atoms with Crippen molar-refractivity contribution in [3.63, 3.8) is 0 Å². The molecule has 1 amide bonds. The second-order valence-corrected chi connectivity index (χ2v) is 7.85. The van der Waals surface area contributed by atoms with E-state index in [2.05, 4.69) is 15.5 Å². The first kappa shape index (κ1) is 18.8. The summed E-state index contributed by atoms with van der Waals surface area (Å²) < 4.78 is 6.81. The molecule has 0 spiro atoms. The van der Waals surface area contributed by atoms with Crippen molar-refractivity contribution < 1.29 is 9.21 Å². The minimum Gasteiger partial charge on any atom is -0.467 e. The maximum absolute atomic E-state index is 12.1. The zero-order chi connectivity index (χ0) is 18.4. The number of hydrogen-bond donors (Lipinski definition) is 2. The van der Waals surface area contributed by atoms with Gasteiger partial charge in [-0.1, -0.05) is 43.9 Å². The molecule has 1 atom stereocenters. The van der Waals surface area contributed by atoms with Crippen molar-refractivity contribution in [3.8, 4) is 0 Å². The van der Waals surface area contributed by atoms with Crippen LogP contribution in [-0.2, 0) is 11.2 Å². The van der Waals surface area contributed by atoms with Gasteiger partial charge in [-0.05, 0) is 31.4 Å². The summed E-state index contributed by atoms with van der Waals surface area (Å²) in [5.41, 5.74) is 0. The molecule has 7 nitrogen and oxygen atoms in total. The second-order valence-electron chi connectivity index (χ2n) is 6.90. The van der Waals surface area contributed by atoms with Gasteiger partial charge in [-0.25, -0.2) is 4.68 Å². The Kier molecular flexibility index (Phi) is 6.60. The van der Waals surface area contributed by atoms with E-state index in [1.165, 1.54) is 48.5 Å². The fourth-order valence-corrected chi connectivity index (χ4v) is 4.09. The van der Waals surface area contributed by atoms with Crippen molar-refractivity contribution >= 4 is 17.7 Å². The highest BCUT2D eigenvalue weighted by Crippen LogP contribution is 2.27. The van der Waals surface area contributed by atoms with Crippen LogP contribution in [0.25, 0.3) is 0 Å². The van der Waals surface area contributed by atoms with Gasteiger partial charge in [-0.3, -0.25) is 4.79 Å². The zero-order valence-electron chi connectivity index (χ0n) is 15.2. The number of amides is 1. The van der Waals surface area contributed by atoms with E-state index in [4.69, 9.17) is 10.3 Å². The van der Waals surface area contributed by atoms with Gasteiger partial charge >= 0.3 is 0 Å². The predicted molar refractivity (Wildman–Crippen MR) is 101 cm³/mol. The van der Waals surface area contributed by atoms with Gasteiger partial charge in [0.1, 0.15) is 5.76 Å². The monoisotopic (exact) mass is 377 g/mol. The standard InChI is InChI=1S/C18H27N5O2S/c1-13(15-8-5-11-25-15)20-17(24)12-26-18-22-21-16(23(18)19)10-9-14-6-3-2-4-7-14/h5,8,11,13-14H,2-4,6-7,9-10,12,19H2,1H3,(H,20,24)/t13-/m0/s1. The SMILES string of the molecule is C[C@H](NC(=O)CSc1nnc(CCC2CCCCC2)n1N)c1ccco1. The highest BCUT2D eigenvalue weighted by atomic mass is 32.2. The van der Waals surface area contributed by atoms with E-state index in [9.17, 15) is 4.79 Å². The summed E-state index contributed by atoms with van der Waals surface area (Å²) in [6.45, 7) is 1.89. The minimum absolute atomic E-state index is 0.0920. The number of rotatable bonds is 8. The number of aromatic nitrogens is 3. The first-order valence-corrected chi connectivity index (χ1v) is 10.3. The second kappa shape index (κ2) is 9.12. The lowest BCUT2D eigenvalue weighted by atomic mass is 9.86. The summed E-state index contributed by atoms with van der Waals surface area (Å²) in [5.74, 6) is 8.56. The lowest BCUT2D eigenvalue weighted by Gasteiger charge is -2.20. The van der Waals surface area contributed by atoms with Gasteiger partial charge in [0, 0.05) is 6.42 Å². The molecule has 2 heterocycles. The topological polar surface area (TPSA) is 99.0 Å². The molecule has 3 rings (SSSR count). The molecule has 8 heteroatoms. The lowest BCUT2D eigenvalue weighted by molar-refractivity contribution is -0.119. The molecule has 26 heavy (non-hydrogen) atoms. The van der Waals surface area contributed by atoms with Crippen molar-refractivity contribution in [1.82, 2.24) is 20.2 Å². The molecule has 3 N–H and O–H groups in total. The summed E-state index contributed by atoms with van der Waals surface area (Å²) in [5, 5.41) is 11.8. The minimum atomic E-state index is -0.167. The van der Waals surface area contributed by atoms with Gasteiger partial charge in [0.05, 0.1) is 18.1 Å². The van der Waals surface area contributed by atoms with Crippen molar-refractivity contribution in [3.05, 3.63) is 30.0 Å². The number of aryl methyl sites for hydroxylation is 1. The number of nitrogens with one attached hydrogen (secondary N) is 1. The highest BCUT2D eigenvalue weighted by molar-refractivity contribution is 7.99. The van der Waals surface area contributed by atoms with Gasteiger partial charge in [-0.2, -0.15) is 0 Å². The van der Waals surface area contributed by atoms with Crippen LogP contribution in [0.3, 0.4) is 0 Å². The van der Waals surface area contributed by atoms with E-state index in [-0.39, 0.29) is 17.7 Å². The lowest BCUT2D eigenvalue weighted by Crippen LogP contribution is -2.28. The molecule has 0 bridgehead atoms.